The Morgan fingerprint density at radius 2 is 2.08 bits per heavy atom. The number of aliphatic hydroxyl groups excluding tert-OH is 1. The predicted octanol–water partition coefficient (Wildman–Crippen LogP) is 2.50. The average molecular weight is 327 g/mol. The van der Waals surface area contributed by atoms with Crippen molar-refractivity contribution in [3.05, 3.63) is 30.1 Å². The fraction of sp³-hybridized carbons (Fsp3) is 0.579. The largest absolute Gasteiger partial charge is 0.390 e. The Balaban J connectivity index is 1.74. The summed E-state index contributed by atoms with van der Waals surface area (Å²) in [4.78, 5) is 11.3. The molecule has 5 heteroatoms. The van der Waals surface area contributed by atoms with Gasteiger partial charge in [-0.15, -0.1) is 0 Å². The molecule has 3 atom stereocenters. The molecule has 0 unspecified atom stereocenters. The summed E-state index contributed by atoms with van der Waals surface area (Å²) in [5.41, 5.74) is 0.326. The third kappa shape index (κ3) is 2.47. The zero-order valence-electron chi connectivity index (χ0n) is 14.1. The molecule has 0 amide bonds. The van der Waals surface area contributed by atoms with Crippen molar-refractivity contribution in [2.24, 2.45) is 11.8 Å². The van der Waals surface area contributed by atoms with Crippen LogP contribution in [0.1, 0.15) is 38.4 Å². The van der Waals surface area contributed by atoms with Crippen molar-refractivity contribution in [2.75, 3.05) is 18.0 Å². The maximum Gasteiger partial charge on any atom is 0.156 e. The van der Waals surface area contributed by atoms with E-state index in [0.29, 0.717) is 17.7 Å². The Morgan fingerprint density at radius 3 is 2.88 bits per heavy atom. The molecule has 5 nitrogen and oxygen atoms in total. The molecule has 1 aliphatic heterocycles. The third-order valence-corrected chi connectivity index (χ3v) is 6.00. The zero-order valence-corrected chi connectivity index (χ0v) is 14.1. The Kier molecular flexibility index (Phi) is 3.93. The summed E-state index contributed by atoms with van der Waals surface area (Å²) in [5.74, 6) is 2.19. The highest BCUT2D eigenvalue weighted by Gasteiger charge is 2.48. The van der Waals surface area contributed by atoms with Gasteiger partial charge in [0.2, 0.25) is 0 Å². The fourth-order valence-electron chi connectivity index (χ4n) is 4.66. The van der Waals surface area contributed by atoms with Crippen LogP contribution in [0.25, 0.3) is 10.9 Å². The molecule has 24 heavy (non-hydrogen) atoms. The lowest BCUT2D eigenvalue weighted by Crippen LogP contribution is -2.44. The van der Waals surface area contributed by atoms with E-state index in [2.05, 4.69) is 21.8 Å². The summed E-state index contributed by atoms with van der Waals surface area (Å²) in [7, 11) is 0. The van der Waals surface area contributed by atoms with Gasteiger partial charge in [0, 0.05) is 24.4 Å². The zero-order chi connectivity index (χ0) is 16.7. The standard InChI is InChI=1S/C19H25N3O2/c1-2-19(24)9-5-6-13-10-22(11-15(13)19)18-14-7-3-4-8-16(14)20-17(12-23)21-18/h3-4,7-8,13,15,23-24H,2,5-6,9-12H2,1H3/t13-,15+,19-/m0/s1. The number of para-hydroxylation sites is 1. The van der Waals surface area contributed by atoms with Crippen LogP contribution in [0.5, 0.6) is 0 Å². The molecule has 2 N–H and O–H groups in total. The number of hydrogen-bond donors (Lipinski definition) is 2. The molecule has 128 valence electrons. The van der Waals surface area contributed by atoms with E-state index in [1.807, 2.05) is 24.3 Å². The highest BCUT2D eigenvalue weighted by atomic mass is 16.3. The van der Waals surface area contributed by atoms with Crippen molar-refractivity contribution >= 4 is 16.7 Å². The predicted molar refractivity (Wildman–Crippen MR) is 93.7 cm³/mol. The van der Waals surface area contributed by atoms with Crippen molar-refractivity contribution < 1.29 is 10.2 Å². The second kappa shape index (κ2) is 5.97. The summed E-state index contributed by atoms with van der Waals surface area (Å²) >= 11 is 0. The van der Waals surface area contributed by atoms with Gasteiger partial charge in [0.05, 0.1) is 11.1 Å². The first-order chi connectivity index (χ1) is 11.6. The van der Waals surface area contributed by atoms with Gasteiger partial charge in [-0.25, -0.2) is 9.97 Å². The molecule has 0 spiro atoms. The summed E-state index contributed by atoms with van der Waals surface area (Å²) in [5, 5.41) is 21.6. The van der Waals surface area contributed by atoms with Crippen LogP contribution in [0.2, 0.25) is 0 Å². The molecule has 1 aromatic heterocycles. The van der Waals surface area contributed by atoms with Crippen molar-refractivity contribution in [3.8, 4) is 0 Å². The normalized spacial score (nSPS) is 29.9. The van der Waals surface area contributed by atoms with E-state index >= 15 is 0 Å². The molecule has 0 bridgehead atoms. The number of fused-ring (bicyclic) bond motifs is 2. The van der Waals surface area contributed by atoms with Crippen LogP contribution < -0.4 is 4.90 Å². The van der Waals surface area contributed by atoms with Crippen LogP contribution in [0.3, 0.4) is 0 Å². The Labute approximate surface area is 142 Å². The Bertz CT molecular complexity index is 750. The minimum atomic E-state index is -0.541. The molecule has 2 heterocycles. The number of aromatic nitrogens is 2. The van der Waals surface area contributed by atoms with Gasteiger partial charge in [0.15, 0.2) is 5.82 Å². The van der Waals surface area contributed by atoms with Crippen LogP contribution in [0, 0.1) is 11.8 Å². The van der Waals surface area contributed by atoms with Gasteiger partial charge in [-0.05, 0) is 37.3 Å². The average Bonchev–Trinajstić information content (AvgIpc) is 3.06. The number of benzene rings is 1. The van der Waals surface area contributed by atoms with Crippen LogP contribution in [0.15, 0.2) is 24.3 Å². The summed E-state index contributed by atoms with van der Waals surface area (Å²) in [6.07, 6.45) is 4.00. The second-order valence-corrected chi connectivity index (χ2v) is 7.26. The summed E-state index contributed by atoms with van der Waals surface area (Å²) < 4.78 is 0. The van der Waals surface area contributed by atoms with E-state index in [4.69, 9.17) is 0 Å². The number of hydrogen-bond acceptors (Lipinski definition) is 5. The molecule has 1 aliphatic carbocycles. The van der Waals surface area contributed by atoms with Gasteiger partial charge in [0.25, 0.3) is 0 Å². The van der Waals surface area contributed by atoms with Crippen molar-refractivity contribution in [2.45, 2.75) is 44.8 Å². The smallest absolute Gasteiger partial charge is 0.156 e. The van der Waals surface area contributed by atoms with Crippen LogP contribution in [-0.2, 0) is 6.61 Å². The second-order valence-electron chi connectivity index (χ2n) is 7.26. The fourth-order valence-corrected chi connectivity index (χ4v) is 4.66. The van der Waals surface area contributed by atoms with E-state index in [9.17, 15) is 10.2 Å². The monoisotopic (exact) mass is 327 g/mol. The van der Waals surface area contributed by atoms with Gasteiger partial charge in [-0.2, -0.15) is 0 Å². The lowest BCUT2D eigenvalue weighted by Gasteiger charge is -2.40. The van der Waals surface area contributed by atoms with E-state index in [-0.39, 0.29) is 6.61 Å². The quantitative estimate of drug-likeness (QED) is 0.906. The minimum Gasteiger partial charge on any atom is -0.390 e. The lowest BCUT2D eigenvalue weighted by molar-refractivity contribution is -0.0597. The van der Waals surface area contributed by atoms with Crippen molar-refractivity contribution in [1.29, 1.82) is 0 Å². The number of nitrogens with zero attached hydrogens (tertiary/aromatic N) is 3. The summed E-state index contributed by atoms with van der Waals surface area (Å²) in [6.45, 7) is 3.70. The molecular formula is C19H25N3O2. The highest BCUT2D eigenvalue weighted by molar-refractivity contribution is 5.89. The maximum atomic E-state index is 11.0. The molecule has 2 fully saturated rings. The van der Waals surface area contributed by atoms with Crippen LogP contribution in [-0.4, -0.2) is 38.9 Å². The van der Waals surface area contributed by atoms with Gasteiger partial charge >= 0.3 is 0 Å². The SMILES string of the molecule is CC[C@]1(O)CCC[C@H]2CN(c3nc(CO)nc4ccccc34)C[C@H]21. The first-order valence-electron chi connectivity index (χ1n) is 8.98. The molecule has 1 saturated carbocycles. The third-order valence-electron chi connectivity index (χ3n) is 6.00. The van der Waals surface area contributed by atoms with E-state index in [1.54, 1.807) is 0 Å². The number of rotatable bonds is 3. The molecule has 2 aromatic rings. The van der Waals surface area contributed by atoms with Gasteiger partial charge in [-0.3, -0.25) is 0 Å². The molecule has 1 aromatic carbocycles. The Morgan fingerprint density at radius 1 is 1.25 bits per heavy atom. The van der Waals surface area contributed by atoms with Gasteiger partial charge in [0.1, 0.15) is 12.4 Å². The minimum absolute atomic E-state index is 0.155. The lowest BCUT2D eigenvalue weighted by atomic mass is 9.69. The van der Waals surface area contributed by atoms with Crippen molar-refractivity contribution in [1.82, 2.24) is 9.97 Å². The van der Waals surface area contributed by atoms with Gasteiger partial charge < -0.3 is 15.1 Å². The highest BCUT2D eigenvalue weighted by Crippen LogP contribution is 2.45. The Hall–Kier alpha value is -1.72. The van der Waals surface area contributed by atoms with Crippen molar-refractivity contribution in [3.63, 3.8) is 0 Å². The van der Waals surface area contributed by atoms with E-state index < -0.39 is 5.60 Å². The number of anilines is 1. The molecule has 0 radical (unpaired) electrons. The van der Waals surface area contributed by atoms with Crippen LogP contribution in [0.4, 0.5) is 5.82 Å². The summed E-state index contributed by atoms with van der Waals surface area (Å²) in [6, 6.07) is 7.96. The van der Waals surface area contributed by atoms with Gasteiger partial charge in [-0.1, -0.05) is 25.5 Å². The van der Waals surface area contributed by atoms with Crippen LogP contribution >= 0.6 is 0 Å². The molecule has 4 rings (SSSR count). The first-order valence-corrected chi connectivity index (χ1v) is 8.98. The molecule has 1 saturated heterocycles. The number of aliphatic hydroxyl groups is 2. The first kappa shape index (κ1) is 15.8. The van der Waals surface area contributed by atoms with E-state index in [0.717, 1.165) is 49.1 Å². The van der Waals surface area contributed by atoms with E-state index in [1.165, 1.54) is 6.42 Å². The topological polar surface area (TPSA) is 69.5 Å². The maximum absolute atomic E-state index is 11.0. The molecule has 2 aliphatic rings. The molecular weight excluding hydrogens is 302 g/mol.